The summed E-state index contributed by atoms with van der Waals surface area (Å²) in [7, 11) is 0. The Balaban J connectivity index is 1.27. The molecule has 0 radical (unpaired) electrons. The lowest BCUT2D eigenvalue weighted by Crippen LogP contribution is -2.33. The molecule has 0 bridgehead atoms. The highest BCUT2D eigenvalue weighted by molar-refractivity contribution is 7.99. The summed E-state index contributed by atoms with van der Waals surface area (Å²) in [6.45, 7) is 2.95. The third-order valence-electron chi connectivity index (χ3n) is 5.19. The molecule has 1 aliphatic carbocycles. The molecule has 5 rings (SSSR count). The van der Waals surface area contributed by atoms with E-state index in [2.05, 4.69) is 29.9 Å². The molecule has 170 valence electrons. The lowest BCUT2D eigenvalue weighted by Gasteiger charge is -2.20. The van der Waals surface area contributed by atoms with Crippen molar-refractivity contribution in [2.75, 3.05) is 12.3 Å². The van der Waals surface area contributed by atoms with E-state index in [1.807, 2.05) is 36.6 Å². The fraction of sp³-hybridized carbons (Fsp3) is 0.364. The molecule has 4 aromatic heterocycles. The summed E-state index contributed by atoms with van der Waals surface area (Å²) in [5.74, 6) is 2.00. The van der Waals surface area contributed by atoms with E-state index in [9.17, 15) is 4.79 Å². The molecule has 9 nitrogen and oxygen atoms in total. The van der Waals surface area contributed by atoms with Gasteiger partial charge in [0.2, 0.25) is 11.8 Å². The highest BCUT2D eigenvalue weighted by atomic mass is 32.2. The SMILES string of the molecule is CCCN(Cc1nnc(-c2cccs2)o1)C(=O)CSc1nnc(-c2cccnc2)n1C1CC1. The smallest absolute Gasteiger partial charge is 0.257 e. The van der Waals surface area contributed by atoms with Gasteiger partial charge >= 0.3 is 0 Å². The topological polar surface area (TPSA) is 103 Å². The van der Waals surface area contributed by atoms with E-state index in [4.69, 9.17) is 4.42 Å². The molecule has 1 amide bonds. The molecule has 0 N–H and O–H groups in total. The molecule has 0 spiro atoms. The third kappa shape index (κ3) is 4.98. The minimum atomic E-state index is 0.00555. The third-order valence-corrected chi connectivity index (χ3v) is 6.98. The van der Waals surface area contributed by atoms with E-state index < -0.39 is 0 Å². The van der Waals surface area contributed by atoms with Crippen molar-refractivity contribution >= 4 is 29.0 Å². The number of aromatic nitrogens is 6. The summed E-state index contributed by atoms with van der Waals surface area (Å²) in [5.41, 5.74) is 0.931. The summed E-state index contributed by atoms with van der Waals surface area (Å²) >= 11 is 2.96. The molecular weight excluding hydrogens is 458 g/mol. The van der Waals surface area contributed by atoms with Crippen molar-refractivity contribution in [3.05, 3.63) is 47.9 Å². The Hall–Kier alpha value is -3.05. The van der Waals surface area contributed by atoms with Crippen molar-refractivity contribution in [1.82, 2.24) is 34.8 Å². The van der Waals surface area contributed by atoms with Crippen molar-refractivity contribution in [2.45, 2.75) is 43.9 Å². The van der Waals surface area contributed by atoms with Gasteiger partial charge in [0.05, 0.1) is 17.2 Å². The van der Waals surface area contributed by atoms with Crippen LogP contribution in [0.3, 0.4) is 0 Å². The van der Waals surface area contributed by atoms with Gasteiger partial charge in [0.25, 0.3) is 5.89 Å². The molecule has 11 heteroatoms. The second-order valence-electron chi connectivity index (χ2n) is 7.73. The van der Waals surface area contributed by atoms with Crippen LogP contribution in [0, 0.1) is 0 Å². The predicted octanol–water partition coefficient (Wildman–Crippen LogP) is 4.32. The fourth-order valence-electron chi connectivity index (χ4n) is 3.49. The molecule has 0 atom stereocenters. The minimum Gasteiger partial charge on any atom is -0.418 e. The first-order valence-electron chi connectivity index (χ1n) is 10.8. The maximum Gasteiger partial charge on any atom is 0.257 e. The van der Waals surface area contributed by atoms with E-state index in [0.29, 0.717) is 30.9 Å². The Labute approximate surface area is 199 Å². The van der Waals surface area contributed by atoms with Gasteiger partial charge in [0.1, 0.15) is 0 Å². The van der Waals surface area contributed by atoms with Gasteiger partial charge in [-0.2, -0.15) is 0 Å². The van der Waals surface area contributed by atoms with Crippen molar-refractivity contribution in [1.29, 1.82) is 0 Å². The zero-order valence-electron chi connectivity index (χ0n) is 18.1. The quantitative estimate of drug-likeness (QED) is 0.309. The van der Waals surface area contributed by atoms with Crippen molar-refractivity contribution in [3.63, 3.8) is 0 Å². The predicted molar refractivity (Wildman–Crippen MR) is 126 cm³/mol. The first kappa shape index (κ1) is 21.8. The van der Waals surface area contributed by atoms with Crippen molar-refractivity contribution in [2.24, 2.45) is 0 Å². The highest BCUT2D eigenvalue weighted by Crippen LogP contribution is 2.41. The Bertz CT molecular complexity index is 1200. The largest absolute Gasteiger partial charge is 0.418 e. The standard InChI is InChI=1S/C22H23N7O2S2/c1-2-10-28(13-18-24-26-21(31-18)17-6-4-11-32-17)19(30)14-33-22-27-25-20(29(22)16-7-8-16)15-5-3-9-23-12-15/h3-6,9,11-12,16H,2,7-8,10,13-14H2,1H3. The van der Waals surface area contributed by atoms with E-state index in [-0.39, 0.29) is 11.7 Å². The zero-order valence-corrected chi connectivity index (χ0v) is 19.8. The summed E-state index contributed by atoms with van der Waals surface area (Å²) in [5, 5.41) is 19.8. The molecule has 1 saturated carbocycles. The maximum atomic E-state index is 13.1. The first-order chi connectivity index (χ1) is 16.2. The van der Waals surface area contributed by atoms with Crippen LogP contribution in [0.5, 0.6) is 0 Å². The van der Waals surface area contributed by atoms with Crippen LogP contribution < -0.4 is 0 Å². The van der Waals surface area contributed by atoms with Crippen LogP contribution in [0.15, 0.2) is 51.6 Å². The average molecular weight is 482 g/mol. The molecule has 4 heterocycles. The second kappa shape index (κ2) is 9.84. The number of hydrogen-bond acceptors (Lipinski definition) is 9. The van der Waals surface area contributed by atoms with Crippen LogP contribution in [-0.2, 0) is 11.3 Å². The second-order valence-corrected chi connectivity index (χ2v) is 9.62. The average Bonchev–Trinajstić information content (AvgIpc) is 3.23. The van der Waals surface area contributed by atoms with Crippen LogP contribution in [0.1, 0.15) is 38.1 Å². The number of rotatable bonds is 10. The Kier molecular flexibility index (Phi) is 6.49. The summed E-state index contributed by atoms with van der Waals surface area (Å²) in [6.07, 6.45) is 6.56. The van der Waals surface area contributed by atoms with E-state index in [0.717, 1.165) is 40.7 Å². The number of thiophene rings is 1. The van der Waals surface area contributed by atoms with E-state index in [1.165, 1.54) is 11.8 Å². The molecule has 0 aromatic carbocycles. The summed E-state index contributed by atoms with van der Waals surface area (Å²) < 4.78 is 7.93. The normalized spacial score (nSPS) is 13.4. The van der Waals surface area contributed by atoms with Gasteiger partial charge in [-0.05, 0) is 42.8 Å². The van der Waals surface area contributed by atoms with Crippen LogP contribution >= 0.6 is 23.1 Å². The molecule has 1 aliphatic rings. The van der Waals surface area contributed by atoms with Gasteiger partial charge in [-0.15, -0.1) is 31.7 Å². The first-order valence-corrected chi connectivity index (χ1v) is 12.7. The van der Waals surface area contributed by atoms with Gasteiger partial charge in [-0.1, -0.05) is 24.8 Å². The van der Waals surface area contributed by atoms with Crippen LogP contribution in [0.25, 0.3) is 22.2 Å². The van der Waals surface area contributed by atoms with Crippen LogP contribution in [0.2, 0.25) is 0 Å². The van der Waals surface area contributed by atoms with Gasteiger partial charge < -0.3 is 9.32 Å². The van der Waals surface area contributed by atoms with E-state index in [1.54, 1.807) is 28.6 Å². The number of hydrogen-bond donors (Lipinski definition) is 0. The molecule has 1 fully saturated rings. The molecule has 0 unspecified atom stereocenters. The zero-order chi connectivity index (χ0) is 22.6. The molecule has 33 heavy (non-hydrogen) atoms. The number of pyridine rings is 1. The molecule has 0 aliphatic heterocycles. The Morgan fingerprint density at radius 2 is 2.15 bits per heavy atom. The fourth-order valence-corrected chi connectivity index (χ4v) is 5.04. The number of carbonyl (C=O) groups is 1. The number of thioether (sulfide) groups is 1. The number of carbonyl (C=O) groups excluding carboxylic acids is 1. The number of nitrogens with zero attached hydrogens (tertiary/aromatic N) is 7. The van der Waals surface area contributed by atoms with Crippen molar-refractivity contribution < 1.29 is 9.21 Å². The molecular formula is C22H23N7O2S2. The van der Waals surface area contributed by atoms with Crippen LogP contribution in [0.4, 0.5) is 0 Å². The Morgan fingerprint density at radius 1 is 1.24 bits per heavy atom. The van der Waals surface area contributed by atoms with Gasteiger partial charge in [0.15, 0.2) is 11.0 Å². The monoisotopic (exact) mass is 481 g/mol. The minimum absolute atomic E-state index is 0.00555. The van der Waals surface area contributed by atoms with Gasteiger partial charge in [0, 0.05) is 30.5 Å². The van der Waals surface area contributed by atoms with E-state index >= 15 is 0 Å². The highest BCUT2D eigenvalue weighted by Gasteiger charge is 2.30. The Morgan fingerprint density at radius 3 is 2.88 bits per heavy atom. The lowest BCUT2D eigenvalue weighted by molar-refractivity contribution is -0.129. The summed E-state index contributed by atoms with van der Waals surface area (Å²) in [4.78, 5) is 19.9. The van der Waals surface area contributed by atoms with Gasteiger partial charge in [-0.25, -0.2) is 0 Å². The lowest BCUT2D eigenvalue weighted by atomic mass is 10.3. The maximum absolute atomic E-state index is 13.1. The van der Waals surface area contributed by atoms with Crippen LogP contribution in [-0.4, -0.2) is 53.1 Å². The molecule has 0 saturated heterocycles. The summed E-state index contributed by atoms with van der Waals surface area (Å²) in [6, 6.07) is 8.13. The number of amides is 1. The van der Waals surface area contributed by atoms with Gasteiger partial charge in [-0.3, -0.25) is 14.3 Å². The van der Waals surface area contributed by atoms with Crippen molar-refractivity contribution in [3.8, 4) is 22.2 Å². The molecule has 4 aromatic rings.